The Balaban J connectivity index is 2.49. The van der Waals surface area contributed by atoms with Gasteiger partial charge in [-0.15, -0.1) is 5.10 Å². The highest BCUT2D eigenvalue weighted by Gasteiger charge is 2.12. The number of rotatable bonds is 2. The molecule has 2 N–H and O–H groups in total. The topological polar surface area (TPSA) is 61.0 Å². The van der Waals surface area contributed by atoms with Crippen LogP contribution in [0.2, 0.25) is 0 Å². The first-order valence-electron chi connectivity index (χ1n) is 3.70. The fourth-order valence-corrected chi connectivity index (χ4v) is 1.03. The summed E-state index contributed by atoms with van der Waals surface area (Å²) in [6.07, 6.45) is 0. The molecule has 68 valence electrons. The van der Waals surface area contributed by atoms with Crippen LogP contribution in [-0.2, 0) is 11.3 Å². The summed E-state index contributed by atoms with van der Waals surface area (Å²) in [6, 6.07) is 0. The van der Waals surface area contributed by atoms with Crippen LogP contribution >= 0.6 is 11.5 Å². The quantitative estimate of drug-likeness (QED) is 0.761. The Morgan fingerprint density at radius 2 is 2.17 bits per heavy atom. The van der Waals surface area contributed by atoms with Gasteiger partial charge in [0.15, 0.2) is 0 Å². The van der Waals surface area contributed by atoms with Gasteiger partial charge in [-0.1, -0.05) is 4.49 Å². The Hall–Kier alpha value is -0.680. The molecule has 0 aliphatic heterocycles. The SMILES string of the molecule is CC(C)(C)OCc1nnsc1N. The van der Waals surface area contributed by atoms with Crippen LogP contribution < -0.4 is 5.73 Å². The first-order chi connectivity index (χ1) is 5.49. The highest BCUT2D eigenvalue weighted by Crippen LogP contribution is 2.16. The molecule has 1 aromatic rings. The number of aromatic nitrogens is 2. The zero-order valence-electron chi connectivity index (χ0n) is 7.50. The van der Waals surface area contributed by atoms with Crippen LogP contribution in [-0.4, -0.2) is 15.2 Å². The summed E-state index contributed by atoms with van der Waals surface area (Å²) in [7, 11) is 0. The van der Waals surface area contributed by atoms with E-state index in [0.717, 1.165) is 5.69 Å². The van der Waals surface area contributed by atoms with E-state index in [-0.39, 0.29) is 5.60 Å². The Morgan fingerprint density at radius 1 is 1.50 bits per heavy atom. The molecule has 0 bridgehead atoms. The highest BCUT2D eigenvalue weighted by atomic mass is 32.1. The third kappa shape index (κ3) is 2.75. The van der Waals surface area contributed by atoms with Crippen LogP contribution in [0.3, 0.4) is 0 Å². The second-order valence-corrected chi connectivity index (χ2v) is 4.27. The molecule has 0 radical (unpaired) electrons. The van der Waals surface area contributed by atoms with Crippen LogP contribution in [0.25, 0.3) is 0 Å². The summed E-state index contributed by atoms with van der Waals surface area (Å²) in [6.45, 7) is 6.40. The van der Waals surface area contributed by atoms with Gasteiger partial charge in [0.1, 0.15) is 10.7 Å². The van der Waals surface area contributed by atoms with E-state index in [1.807, 2.05) is 20.8 Å². The van der Waals surface area contributed by atoms with Crippen molar-refractivity contribution in [3.63, 3.8) is 0 Å². The maximum atomic E-state index is 5.58. The Labute approximate surface area is 75.9 Å². The first kappa shape index (κ1) is 9.41. The Bertz CT molecular complexity index is 253. The van der Waals surface area contributed by atoms with E-state index in [1.165, 1.54) is 11.5 Å². The minimum Gasteiger partial charge on any atom is -0.388 e. The second kappa shape index (κ2) is 3.37. The molecule has 1 heterocycles. The standard InChI is InChI=1S/C7H13N3OS/c1-7(2,3)11-4-5-6(8)12-10-9-5/h4,8H2,1-3H3. The van der Waals surface area contributed by atoms with Gasteiger partial charge in [-0.25, -0.2) is 0 Å². The molecule has 5 heteroatoms. The third-order valence-corrected chi connectivity index (χ3v) is 1.82. The van der Waals surface area contributed by atoms with Gasteiger partial charge in [-0.2, -0.15) is 0 Å². The van der Waals surface area contributed by atoms with E-state index < -0.39 is 0 Å². The molecule has 0 aromatic carbocycles. The van der Waals surface area contributed by atoms with E-state index in [2.05, 4.69) is 9.59 Å². The summed E-state index contributed by atoms with van der Waals surface area (Å²) >= 11 is 1.19. The normalized spacial score (nSPS) is 11.9. The van der Waals surface area contributed by atoms with E-state index in [1.54, 1.807) is 0 Å². The molecule has 0 spiro atoms. The zero-order chi connectivity index (χ0) is 9.19. The molecule has 0 saturated heterocycles. The molecule has 0 atom stereocenters. The van der Waals surface area contributed by atoms with Crippen molar-refractivity contribution in [3.05, 3.63) is 5.69 Å². The van der Waals surface area contributed by atoms with Gasteiger partial charge in [0, 0.05) is 11.5 Å². The third-order valence-electron chi connectivity index (χ3n) is 1.23. The molecule has 12 heavy (non-hydrogen) atoms. The summed E-state index contributed by atoms with van der Waals surface area (Å²) < 4.78 is 9.19. The number of nitrogen functional groups attached to an aromatic ring is 1. The maximum Gasteiger partial charge on any atom is 0.133 e. The van der Waals surface area contributed by atoms with E-state index in [0.29, 0.717) is 11.6 Å². The van der Waals surface area contributed by atoms with Crippen LogP contribution in [0.15, 0.2) is 0 Å². The van der Waals surface area contributed by atoms with Crippen LogP contribution in [0.4, 0.5) is 5.00 Å². The summed E-state index contributed by atoms with van der Waals surface area (Å²) in [4.78, 5) is 0. The number of hydrogen-bond acceptors (Lipinski definition) is 5. The van der Waals surface area contributed by atoms with Crippen molar-refractivity contribution in [1.29, 1.82) is 0 Å². The molecular formula is C7H13N3OS. The summed E-state index contributed by atoms with van der Waals surface area (Å²) in [5, 5.41) is 4.48. The highest BCUT2D eigenvalue weighted by molar-refractivity contribution is 7.09. The summed E-state index contributed by atoms with van der Waals surface area (Å²) in [5.41, 5.74) is 6.16. The van der Waals surface area contributed by atoms with E-state index in [9.17, 15) is 0 Å². The Morgan fingerprint density at radius 3 is 2.58 bits per heavy atom. The lowest BCUT2D eigenvalue weighted by molar-refractivity contribution is -0.0162. The molecule has 0 unspecified atom stereocenters. The van der Waals surface area contributed by atoms with Crippen molar-refractivity contribution in [2.24, 2.45) is 0 Å². The van der Waals surface area contributed by atoms with Gasteiger partial charge in [-0.3, -0.25) is 0 Å². The van der Waals surface area contributed by atoms with E-state index >= 15 is 0 Å². The van der Waals surface area contributed by atoms with E-state index in [4.69, 9.17) is 10.5 Å². The largest absolute Gasteiger partial charge is 0.388 e. The van der Waals surface area contributed by atoms with Crippen LogP contribution in [0.5, 0.6) is 0 Å². The van der Waals surface area contributed by atoms with Gasteiger partial charge >= 0.3 is 0 Å². The first-order valence-corrected chi connectivity index (χ1v) is 4.47. The van der Waals surface area contributed by atoms with Gasteiger partial charge in [0.05, 0.1) is 12.2 Å². The predicted molar refractivity (Wildman–Crippen MR) is 48.9 cm³/mol. The van der Waals surface area contributed by atoms with Crippen LogP contribution in [0, 0.1) is 0 Å². The number of hydrogen-bond donors (Lipinski definition) is 1. The number of nitrogens with two attached hydrogens (primary N) is 1. The average Bonchev–Trinajstić information content (AvgIpc) is 2.29. The average molecular weight is 187 g/mol. The molecule has 0 aliphatic rings. The number of nitrogens with zero attached hydrogens (tertiary/aromatic N) is 2. The minimum absolute atomic E-state index is 0.157. The van der Waals surface area contributed by atoms with Crippen molar-refractivity contribution >= 4 is 16.5 Å². The lowest BCUT2D eigenvalue weighted by atomic mass is 10.2. The fourth-order valence-electron chi connectivity index (χ4n) is 0.601. The molecule has 1 aromatic heterocycles. The van der Waals surface area contributed by atoms with Crippen molar-refractivity contribution in [2.45, 2.75) is 33.0 Å². The number of anilines is 1. The molecule has 0 aliphatic carbocycles. The smallest absolute Gasteiger partial charge is 0.133 e. The number of ether oxygens (including phenoxy) is 1. The predicted octanol–water partition coefficient (Wildman–Crippen LogP) is 1.44. The van der Waals surface area contributed by atoms with Crippen molar-refractivity contribution in [1.82, 2.24) is 9.59 Å². The summed E-state index contributed by atoms with van der Waals surface area (Å²) in [5.74, 6) is 0. The monoisotopic (exact) mass is 187 g/mol. The van der Waals surface area contributed by atoms with Crippen molar-refractivity contribution < 1.29 is 4.74 Å². The van der Waals surface area contributed by atoms with Gasteiger partial charge in [-0.05, 0) is 20.8 Å². The molecule has 4 nitrogen and oxygen atoms in total. The maximum absolute atomic E-state index is 5.58. The Kier molecular flexibility index (Phi) is 2.64. The van der Waals surface area contributed by atoms with Crippen molar-refractivity contribution in [3.8, 4) is 0 Å². The van der Waals surface area contributed by atoms with Gasteiger partial charge < -0.3 is 10.5 Å². The molecule has 0 saturated carbocycles. The zero-order valence-corrected chi connectivity index (χ0v) is 8.31. The molecular weight excluding hydrogens is 174 g/mol. The molecule has 0 fully saturated rings. The van der Waals surface area contributed by atoms with Gasteiger partial charge in [0.2, 0.25) is 0 Å². The van der Waals surface area contributed by atoms with Crippen molar-refractivity contribution in [2.75, 3.05) is 5.73 Å². The van der Waals surface area contributed by atoms with Crippen LogP contribution in [0.1, 0.15) is 26.5 Å². The van der Waals surface area contributed by atoms with Gasteiger partial charge in [0.25, 0.3) is 0 Å². The lowest BCUT2D eigenvalue weighted by Crippen LogP contribution is -2.19. The second-order valence-electron chi connectivity index (χ2n) is 3.48. The minimum atomic E-state index is -0.157. The fraction of sp³-hybridized carbons (Fsp3) is 0.714. The lowest BCUT2D eigenvalue weighted by Gasteiger charge is -2.18. The molecule has 1 rings (SSSR count). The molecule has 0 amide bonds.